The number of hydrogen-bond donors (Lipinski definition) is 2. The first kappa shape index (κ1) is 28.3. The zero-order chi connectivity index (χ0) is 25.1. The fraction of sp³-hybridized carbons (Fsp3) is 0.571. The lowest BCUT2D eigenvalue weighted by molar-refractivity contribution is -0.186. The van der Waals surface area contributed by atoms with E-state index in [1.165, 1.54) is 32.9 Å². The number of para-hydroxylation sites is 1. The van der Waals surface area contributed by atoms with Gasteiger partial charge in [0.05, 0.1) is 12.4 Å². The van der Waals surface area contributed by atoms with Crippen LogP contribution in [0.25, 0.3) is 0 Å². The van der Waals surface area contributed by atoms with Crippen LogP contribution in [0, 0.1) is 5.41 Å². The van der Waals surface area contributed by atoms with Crippen molar-refractivity contribution in [3.05, 3.63) is 30.3 Å². The molecular formula is C21H31NO10S. The lowest BCUT2D eigenvalue weighted by atomic mass is 9.88. The van der Waals surface area contributed by atoms with Gasteiger partial charge >= 0.3 is 12.1 Å². The molecule has 186 valence electrons. The molecule has 0 aliphatic heterocycles. The summed E-state index contributed by atoms with van der Waals surface area (Å²) in [5, 5.41) is 12.8. The van der Waals surface area contributed by atoms with Gasteiger partial charge in [0, 0.05) is 25.3 Å². The first-order valence-electron chi connectivity index (χ1n) is 10.3. The normalized spacial score (nSPS) is 13.5. The Balaban J connectivity index is 2.56. The minimum absolute atomic E-state index is 0.0853. The summed E-state index contributed by atoms with van der Waals surface area (Å²) in [6.45, 7) is 5.39. The Labute approximate surface area is 193 Å². The third-order valence-electron chi connectivity index (χ3n) is 4.27. The molecule has 0 spiro atoms. The Morgan fingerprint density at radius 1 is 1.12 bits per heavy atom. The average Bonchev–Trinajstić information content (AvgIpc) is 2.75. The molecule has 0 heterocycles. The predicted molar refractivity (Wildman–Crippen MR) is 117 cm³/mol. The lowest BCUT2D eigenvalue weighted by Crippen LogP contribution is -2.43. The van der Waals surface area contributed by atoms with Crippen molar-refractivity contribution >= 4 is 28.1 Å². The predicted octanol–water partition coefficient (Wildman–Crippen LogP) is 1.74. The van der Waals surface area contributed by atoms with Gasteiger partial charge in [-0.05, 0) is 18.6 Å². The van der Waals surface area contributed by atoms with Crippen LogP contribution in [0.15, 0.2) is 30.3 Å². The lowest BCUT2D eigenvalue weighted by Gasteiger charge is -2.29. The van der Waals surface area contributed by atoms with Crippen LogP contribution in [-0.2, 0) is 33.4 Å². The van der Waals surface area contributed by atoms with Gasteiger partial charge in [0.15, 0.2) is 6.10 Å². The van der Waals surface area contributed by atoms with Crippen LogP contribution in [0.3, 0.4) is 0 Å². The number of hydrogen-bond acceptors (Lipinski definition) is 10. The van der Waals surface area contributed by atoms with Gasteiger partial charge in [-0.3, -0.25) is 8.98 Å². The molecule has 0 bridgehead atoms. The van der Waals surface area contributed by atoms with Crippen molar-refractivity contribution in [2.24, 2.45) is 5.41 Å². The molecule has 0 radical (unpaired) electrons. The smallest absolute Gasteiger partial charge is 0.423 e. The van der Waals surface area contributed by atoms with E-state index < -0.39 is 46.7 Å². The van der Waals surface area contributed by atoms with Crippen molar-refractivity contribution in [3.8, 4) is 5.75 Å². The fourth-order valence-corrected chi connectivity index (χ4v) is 3.41. The zero-order valence-corrected chi connectivity index (χ0v) is 19.9. The summed E-state index contributed by atoms with van der Waals surface area (Å²) in [6, 6.07) is 8.12. The standard InChI is InChI=1S/C21H31NO10S/c1-5-17(32-20(26)30-16-10-7-6-8-11-16)31-19(25)18(24)21(3,4)14-29-33(27,28)13-9-12-22-15(2)23/h6-8,10-11,17-18,24H,5,9,12-14H2,1-4H3,(H,22,23)/t17?,18-/m0/s1. The van der Waals surface area contributed by atoms with Crippen molar-refractivity contribution in [1.29, 1.82) is 0 Å². The van der Waals surface area contributed by atoms with E-state index in [1.54, 1.807) is 25.1 Å². The quantitative estimate of drug-likeness (QED) is 0.138. The Hall–Kier alpha value is -2.70. The summed E-state index contributed by atoms with van der Waals surface area (Å²) in [6.07, 6.45) is -3.96. The average molecular weight is 490 g/mol. The molecule has 11 nitrogen and oxygen atoms in total. The number of carbonyl (C=O) groups is 3. The Morgan fingerprint density at radius 3 is 2.33 bits per heavy atom. The Bertz CT molecular complexity index is 886. The molecule has 2 atom stereocenters. The van der Waals surface area contributed by atoms with Crippen LogP contribution >= 0.6 is 0 Å². The highest BCUT2D eigenvalue weighted by molar-refractivity contribution is 7.86. The fourth-order valence-electron chi connectivity index (χ4n) is 2.31. The number of rotatable bonds is 13. The second-order valence-electron chi connectivity index (χ2n) is 7.81. The molecule has 1 aromatic rings. The summed E-state index contributed by atoms with van der Waals surface area (Å²) in [5.74, 6) is -1.51. The van der Waals surface area contributed by atoms with Gasteiger partial charge in [0.2, 0.25) is 5.91 Å². The maximum Gasteiger partial charge on any atom is 0.516 e. The van der Waals surface area contributed by atoms with Crippen LogP contribution in [0.1, 0.15) is 40.5 Å². The monoisotopic (exact) mass is 489 g/mol. The molecule has 0 aliphatic carbocycles. The zero-order valence-electron chi connectivity index (χ0n) is 19.1. The Morgan fingerprint density at radius 2 is 1.76 bits per heavy atom. The van der Waals surface area contributed by atoms with Gasteiger partial charge in [-0.15, -0.1) is 0 Å². The summed E-state index contributed by atoms with van der Waals surface area (Å²) >= 11 is 0. The Kier molecular flexibility index (Phi) is 11.3. The number of carbonyl (C=O) groups excluding carboxylic acids is 3. The molecule has 33 heavy (non-hydrogen) atoms. The minimum Gasteiger partial charge on any atom is -0.423 e. The number of aliphatic hydroxyl groups is 1. The van der Waals surface area contributed by atoms with E-state index in [-0.39, 0.29) is 36.8 Å². The molecule has 12 heteroatoms. The summed E-state index contributed by atoms with van der Waals surface area (Å²) in [7, 11) is -3.95. The molecule has 0 aromatic heterocycles. The van der Waals surface area contributed by atoms with Gasteiger partial charge in [0.1, 0.15) is 5.75 Å². The molecule has 1 unspecified atom stereocenters. The van der Waals surface area contributed by atoms with E-state index in [4.69, 9.17) is 18.4 Å². The molecule has 1 rings (SSSR count). The van der Waals surface area contributed by atoms with Crippen molar-refractivity contribution in [1.82, 2.24) is 5.32 Å². The van der Waals surface area contributed by atoms with Crippen LogP contribution in [0.2, 0.25) is 0 Å². The molecule has 0 fully saturated rings. The summed E-state index contributed by atoms with van der Waals surface area (Å²) in [4.78, 5) is 35.0. The molecular weight excluding hydrogens is 458 g/mol. The highest BCUT2D eigenvalue weighted by Crippen LogP contribution is 2.24. The molecule has 2 N–H and O–H groups in total. The summed E-state index contributed by atoms with van der Waals surface area (Å²) < 4.78 is 43.9. The van der Waals surface area contributed by atoms with E-state index in [0.717, 1.165) is 0 Å². The van der Waals surface area contributed by atoms with Gasteiger partial charge in [-0.1, -0.05) is 39.0 Å². The highest BCUT2D eigenvalue weighted by Gasteiger charge is 2.38. The van der Waals surface area contributed by atoms with E-state index in [2.05, 4.69) is 5.32 Å². The van der Waals surface area contributed by atoms with E-state index in [1.807, 2.05) is 0 Å². The number of nitrogens with one attached hydrogen (secondary N) is 1. The number of aliphatic hydroxyl groups excluding tert-OH is 1. The van der Waals surface area contributed by atoms with Crippen molar-refractivity contribution in [3.63, 3.8) is 0 Å². The molecule has 0 saturated heterocycles. The number of ether oxygens (including phenoxy) is 3. The van der Waals surface area contributed by atoms with Crippen LogP contribution in [-0.4, -0.2) is 62.9 Å². The third kappa shape index (κ3) is 11.1. The van der Waals surface area contributed by atoms with Gasteiger partial charge in [0.25, 0.3) is 16.4 Å². The largest absolute Gasteiger partial charge is 0.516 e. The topological polar surface area (TPSA) is 155 Å². The molecule has 0 aliphatic rings. The SMILES string of the molecule is CCC(OC(=O)Oc1ccccc1)OC(=O)[C@H](O)C(C)(C)COS(=O)(=O)CCCNC(C)=O. The van der Waals surface area contributed by atoms with E-state index >= 15 is 0 Å². The maximum atomic E-state index is 12.3. The van der Waals surface area contributed by atoms with Gasteiger partial charge in [-0.2, -0.15) is 8.42 Å². The van der Waals surface area contributed by atoms with Crippen molar-refractivity contribution in [2.75, 3.05) is 18.9 Å². The van der Waals surface area contributed by atoms with Crippen LogP contribution in [0.4, 0.5) is 4.79 Å². The molecule has 1 aromatic carbocycles. The van der Waals surface area contributed by atoms with E-state index in [9.17, 15) is 27.9 Å². The number of amides is 1. The first-order chi connectivity index (χ1) is 15.4. The van der Waals surface area contributed by atoms with Gasteiger partial charge in [-0.25, -0.2) is 9.59 Å². The maximum absolute atomic E-state index is 12.3. The highest BCUT2D eigenvalue weighted by atomic mass is 32.2. The second-order valence-corrected chi connectivity index (χ2v) is 9.57. The van der Waals surface area contributed by atoms with Crippen molar-refractivity contribution in [2.45, 2.75) is 52.9 Å². The third-order valence-corrected chi connectivity index (χ3v) is 5.54. The first-order valence-corrected chi connectivity index (χ1v) is 11.9. The summed E-state index contributed by atoms with van der Waals surface area (Å²) in [5.41, 5.74) is -1.34. The number of esters is 1. The minimum atomic E-state index is -3.95. The van der Waals surface area contributed by atoms with E-state index in [0.29, 0.717) is 0 Å². The van der Waals surface area contributed by atoms with Gasteiger partial charge < -0.3 is 24.6 Å². The molecule has 0 saturated carbocycles. The van der Waals surface area contributed by atoms with Crippen LogP contribution < -0.4 is 10.1 Å². The number of benzene rings is 1. The van der Waals surface area contributed by atoms with Crippen molar-refractivity contribution < 1.29 is 46.3 Å². The molecule has 1 amide bonds. The van der Waals surface area contributed by atoms with Crippen LogP contribution in [0.5, 0.6) is 5.75 Å². The second kappa shape index (κ2) is 13.1.